The van der Waals surface area contributed by atoms with Gasteiger partial charge in [-0.1, -0.05) is 48.5 Å². The first-order chi connectivity index (χ1) is 12.7. The molecule has 1 unspecified atom stereocenters. The minimum absolute atomic E-state index is 0.0711. The van der Waals surface area contributed by atoms with E-state index in [1.807, 2.05) is 35.4 Å². The zero-order chi connectivity index (χ0) is 17.9. The summed E-state index contributed by atoms with van der Waals surface area (Å²) in [4.78, 5) is 18.0. The predicted octanol–water partition coefficient (Wildman–Crippen LogP) is 3.44. The Morgan fingerprint density at radius 3 is 2.54 bits per heavy atom. The highest BCUT2D eigenvalue weighted by molar-refractivity contribution is 5.86. The monoisotopic (exact) mass is 347 g/mol. The van der Waals surface area contributed by atoms with Crippen molar-refractivity contribution >= 4 is 16.8 Å². The maximum atomic E-state index is 12.8. The Morgan fingerprint density at radius 1 is 1.08 bits per heavy atom. The molecule has 0 saturated carbocycles. The molecule has 1 fully saturated rings. The van der Waals surface area contributed by atoms with Crippen molar-refractivity contribution in [2.45, 2.75) is 31.2 Å². The third kappa shape index (κ3) is 3.37. The lowest BCUT2D eigenvalue weighted by molar-refractivity contribution is -0.133. The number of para-hydroxylation sites is 1. The van der Waals surface area contributed by atoms with Gasteiger partial charge in [0.2, 0.25) is 5.91 Å². The Morgan fingerprint density at radius 2 is 1.77 bits per heavy atom. The van der Waals surface area contributed by atoms with Crippen molar-refractivity contribution in [3.05, 3.63) is 71.9 Å². The standard InChI is InChI=1S/C22H25N3O/c23-20(14-18-15-24-21-9-5-4-8-19(18)21)22(26)25-12-10-17(11-13-25)16-6-2-1-3-7-16/h1-9,15,17,20,24H,10-14,23H2. The fourth-order valence-corrected chi connectivity index (χ4v) is 4.02. The quantitative estimate of drug-likeness (QED) is 0.759. The van der Waals surface area contributed by atoms with Crippen molar-refractivity contribution in [2.75, 3.05) is 13.1 Å². The molecule has 0 spiro atoms. The first-order valence-electron chi connectivity index (χ1n) is 9.36. The summed E-state index contributed by atoms with van der Waals surface area (Å²) in [6.45, 7) is 1.58. The average molecular weight is 347 g/mol. The van der Waals surface area contributed by atoms with Crippen molar-refractivity contribution in [2.24, 2.45) is 5.73 Å². The summed E-state index contributed by atoms with van der Waals surface area (Å²) in [5, 5.41) is 1.15. The smallest absolute Gasteiger partial charge is 0.239 e. The number of aromatic amines is 1. The lowest BCUT2D eigenvalue weighted by atomic mass is 9.89. The van der Waals surface area contributed by atoms with Crippen LogP contribution in [-0.4, -0.2) is 34.9 Å². The Bertz CT molecular complexity index is 879. The van der Waals surface area contributed by atoms with E-state index in [1.54, 1.807) is 0 Å². The molecule has 1 aliphatic rings. The van der Waals surface area contributed by atoms with Gasteiger partial charge in [0, 0.05) is 30.2 Å². The summed E-state index contributed by atoms with van der Waals surface area (Å²) in [5.41, 5.74) is 9.85. The van der Waals surface area contributed by atoms with Crippen LogP contribution in [0.2, 0.25) is 0 Å². The summed E-state index contributed by atoms with van der Waals surface area (Å²) >= 11 is 0. The third-order valence-electron chi connectivity index (χ3n) is 5.51. The van der Waals surface area contributed by atoms with Crippen LogP contribution in [0.3, 0.4) is 0 Å². The molecule has 26 heavy (non-hydrogen) atoms. The molecule has 3 aromatic rings. The summed E-state index contributed by atoms with van der Waals surface area (Å²) in [7, 11) is 0. The third-order valence-corrected chi connectivity index (χ3v) is 5.51. The van der Waals surface area contributed by atoms with Crippen molar-refractivity contribution < 1.29 is 4.79 Å². The Balaban J connectivity index is 1.37. The van der Waals surface area contributed by atoms with Crippen LogP contribution >= 0.6 is 0 Å². The fraction of sp³-hybridized carbons (Fsp3) is 0.318. The van der Waals surface area contributed by atoms with Gasteiger partial charge in [0.05, 0.1) is 6.04 Å². The molecule has 1 atom stereocenters. The fourth-order valence-electron chi connectivity index (χ4n) is 4.02. The minimum atomic E-state index is -0.484. The van der Waals surface area contributed by atoms with Crippen LogP contribution in [-0.2, 0) is 11.2 Å². The number of benzene rings is 2. The number of nitrogens with two attached hydrogens (primary N) is 1. The SMILES string of the molecule is NC(Cc1c[nH]c2ccccc12)C(=O)N1CCC(c2ccccc2)CC1. The van der Waals surface area contributed by atoms with E-state index < -0.39 is 6.04 Å². The Kier molecular flexibility index (Phi) is 4.76. The highest BCUT2D eigenvalue weighted by Gasteiger charge is 2.27. The largest absolute Gasteiger partial charge is 0.361 e. The van der Waals surface area contributed by atoms with E-state index in [0.29, 0.717) is 12.3 Å². The topological polar surface area (TPSA) is 62.1 Å². The molecular formula is C22H25N3O. The molecule has 4 nitrogen and oxygen atoms in total. The number of nitrogens with zero attached hydrogens (tertiary/aromatic N) is 1. The molecule has 2 aromatic carbocycles. The highest BCUT2D eigenvalue weighted by Crippen LogP contribution is 2.28. The van der Waals surface area contributed by atoms with E-state index in [1.165, 1.54) is 5.56 Å². The zero-order valence-electron chi connectivity index (χ0n) is 14.9. The van der Waals surface area contributed by atoms with Gasteiger partial charge in [-0.2, -0.15) is 0 Å². The van der Waals surface area contributed by atoms with E-state index >= 15 is 0 Å². The van der Waals surface area contributed by atoms with Gasteiger partial charge in [-0.25, -0.2) is 0 Å². The molecule has 3 N–H and O–H groups in total. The van der Waals surface area contributed by atoms with Crippen LogP contribution < -0.4 is 5.73 Å². The maximum Gasteiger partial charge on any atom is 0.239 e. The number of hydrogen-bond acceptors (Lipinski definition) is 2. The van der Waals surface area contributed by atoms with Crippen LogP contribution in [0, 0.1) is 0 Å². The number of nitrogens with one attached hydrogen (secondary N) is 1. The van der Waals surface area contributed by atoms with E-state index in [-0.39, 0.29) is 5.91 Å². The van der Waals surface area contributed by atoms with Crippen molar-refractivity contribution in [1.29, 1.82) is 0 Å². The first kappa shape index (κ1) is 16.9. The summed E-state index contributed by atoms with van der Waals surface area (Å²) < 4.78 is 0. The minimum Gasteiger partial charge on any atom is -0.361 e. The van der Waals surface area contributed by atoms with Crippen LogP contribution in [0.15, 0.2) is 60.8 Å². The van der Waals surface area contributed by atoms with Gasteiger partial charge in [-0.05, 0) is 42.4 Å². The van der Waals surface area contributed by atoms with Gasteiger partial charge in [0.25, 0.3) is 0 Å². The van der Waals surface area contributed by atoms with Gasteiger partial charge < -0.3 is 15.6 Å². The summed E-state index contributed by atoms with van der Waals surface area (Å²) in [6, 6.07) is 18.2. The number of rotatable bonds is 4. The van der Waals surface area contributed by atoms with E-state index in [4.69, 9.17) is 5.73 Å². The Hall–Kier alpha value is -2.59. The number of H-pyrrole nitrogens is 1. The number of carbonyl (C=O) groups is 1. The molecule has 2 heterocycles. The Labute approximate surface area is 154 Å². The number of carbonyl (C=O) groups excluding carboxylic acids is 1. The van der Waals surface area contributed by atoms with Crippen molar-refractivity contribution in [1.82, 2.24) is 9.88 Å². The molecule has 4 heteroatoms. The van der Waals surface area contributed by atoms with Gasteiger partial charge >= 0.3 is 0 Å². The molecule has 4 rings (SSSR count). The second-order valence-corrected chi connectivity index (χ2v) is 7.18. The second-order valence-electron chi connectivity index (χ2n) is 7.18. The summed E-state index contributed by atoms with van der Waals surface area (Å²) in [5.74, 6) is 0.617. The van der Waals surface area contributed by atoms with Crippen LogP contribution in [0.1, 0.15) is 29.9 Å². The number of piperidine rings is 1. The van der Waals surface area contributed by atoms with E-state index in [0.717, 1.165) is 42.4 Å². The normalized spacial score (nSPS) is 16.7. The van der Waals surface area contributed by atoms with E-state index in [2.05, 4.69) is 35.3 Å². The molecular weight excluding hydrogens is 322 g/mol. The predicted molar refractivity (Wildman–Crippen MR) is 105 cm³/mol. The van der Waals surface area contributed by atoms with Crippen LogP contribution in [0.25, 0.3) is 10.9 Å². The highest BCUT2D eigenvalue weighted by atomic mass is 16.2. The molecule has 1 aromatic heterocycles. The zero-order valence-corrected chi connectivity index (χ0v) is 14.9. The lowest BCUT2D eigenvalue weighted by Crippen LogP contribution is -2.47. The number of likely N-dealkylation sites (tertiary alicyclic amines) is 1. The number of hydrogen-bond donors (Lipinski definition) is 2. The molecule has 0 bridgehead atoms. The number of fused-ring (bicyclic) bond motifs is 1. The number of aromatic nitrogens is 1. The second kappa shape index (κ2) is 7.34. The molecule has 0 aliphatic carbocycles. The molecule has 1 aliphatic heterocycles. The van der Waals surface area contributed by atoms with Gasteiger partial charge in [0.15, 0.2) is 0 Å². The van der Waals surface area contributed by atoms with E-state index in [9.17, 15) is 4.79 Å². The maximum absolute atomic E-state index is 12.8. The molecule has 1 amide bonds. The first-order valence-corrected chi connectivity index (χ1v) is 9.36. The van der Waals surface area contributed by atoms with Gasteiger partial charge in [0.1, 0.15) is 0 Å². The lowest BCUT2D eigenvalue weighted by Gasteiger charge is -2.33. The molecule has 0 radical (unpaired) electrons. The number of amides is 1. The molecule has 134 valence electrons. The van der Waals surface area contributed by atoms with Crippen molar-refractivity contribution in [3.63, 3.8) is 0 Å². The average Bonchev–Trinajstić information content (AvgIpc) is 3.11. The van der Waals surface area contributed by atoms with Gasteiger partial charge in [-0.3, -0.25) is 4.79 Å². The van der Waals surface area contributed by atoms with Gasteiger partial charge in [-0.15, -0.1) is 0 Å². The van der Waals surface area contributed by atoms with Crippen LogP contribution in [0.5, 0.6) is 0 Å². The molecule has 1 saturated heterocycles. The van der Waals surface area contributed by atoms with Crippen molar-refractivity contribution in [3.8, 4) is 0 Å². The summed E-state index contributed by atoms with van der Waals surface area (Å²) in [6.07, 6.45) is 4.56. The van der Waals surface area contributed by atoms with Crippen LogP contribution in [0.4, 0.5) is 0 Å².